The smallest absolute Gasteiger partial charge is 0.305 e. The molecule has 0 atom stereocenters. The number of esters is 1. The first-order valence-corrected chi connectivity index (χ1v) is 17.4. The van der Waals surface area contributed by atoms with Crippen molar-refractivity contribution < 1.29 is 66.6 Å². The molecule has 0 heterocycles. The summed E-state index contributed by atoms with van der Waals surface area (Å²) in [5.74, 6) is 0.387. The first-order valence-electron chi connectivity index (χ1n) is 17.4. The maximum absolute atomic E-state index is 11.5. The number of unbranched alkanes of at least 4 members (excludes halogenated alkanes) is 2. The Morgan fingerprint density at radius 2 is 0.820 bits per heavy atom. The van der Waals surface area contributed by atoms with Crippen molar-refractivity contribution in [2.75, 3.05) is 145 Å². The standard InChI is InChI=1S/C34H59NO15/c1-2-3-4-5-34(36)50-31-29-48-27-25-46-23-21-44-19-17-42-15-13-40-11-10-39-12-14-41-16-18-43-20-22-45-24-26-47-28-30-49-33-8-6-32(7-9-33)35(37)38/h6-9H,2-5,10-31H2,1H3. The Morgan fingerprint density at radius 1 is 0.500 bits per heavy atom. The number of ether oxygens (including phenoxy) is 12. The molecule has 0 fully saturated rings. The number of carbonyl (C=O) groups is 1. The molecule has 50 heavy (non-hydrogen) atoms. The summed E-state index contributed by atoms with van der Waals surface area (Å²) in [7, 11) is 0. The van der Waals surface area contributed by atoms with Gasteiger partial charge in [-0.05, 0) is 18.6 Å². The van der Waals surface area contributed by atoms with E-state index in [1.54, 1.807) is 12.1 Å². The highest BCUT2D eigenvalue weighted by Gasteiger charge is 2.04. The number of carbonyl (C=O) groups excluding carboxylic acids is 1. The predicted molar refractivity (Wildman–Crippen MR) is 182 cm³/mol. The van der Waals surface area contributed by atoms with Gasteiger partial charge in [0.1, 0.15) is 19.0 Å². The second-order valence-corrected chi connectivity index (χ2v) is 10.4. The molecule has 16 nitrogen and oxygen atoms in total. The largest absolute Gasteiger partial charge is 0.491 e. The molecule has 290 valence electrons. The highest BCUT2D eigenvalue weighted by Crippen LogP contribution is 2.17. The summed E-state index contributed by atoms with van der Waals surface area (Å²) in [5.41, 5.74) is 0.0229. The molecular formula is C34H59NO15. The monoisotopic (exact) mass is 721 g/mol. The lowest BCUT2D eigenvalue weighted by Crippen LogP contribution is -2.15. The molecule has 0 unspecified atom stereocenters. The van der Waals surface area contributed by atoms with E-state index < -0.39 is 4.92 Å². The number of nitrogens with zero attached hydrogens (tertiary/aromatic N) is 1. The van der Waals surface area contributed by atoms with Crippen LogP contribution in [0.2, 0.25) is 0 Å². The third kappa shape index (κ3) is 31.5. The molecule has 0 saturated heterocycles. The number of nitro groups is 1. The van der Waals surface area contributed by atoms with Crippen molar-refractivity contribution in [1.29, 1.82) is 0 Å². The van der Waals surface area contributed by atoms with Gasteiger partial charge in [-0.25, -0.2) is 0 Å². The lowest BCUT2D eigenvalue weighted by atomic mass is 10.2. The fourth-order valence-corrected chi connectivity index (χ4v) is 3.77. The normalized spacial score (nSPS) is 11.2. The summed E-state index contributed by atoms with van der Waals surface area (Å²) in [6.07, 6.45) is 3.47. The van der Waals surface area contributed by atoms with Crippen LogP contribution in [0.3, 0.4) is 0 Å². The van der Waals surface area contributed by atoms with Gasteiger partial charge in [-0.2, -0.15) is 0 Å². The second-order valence-electron chi connectivity index (χ2n) is 10.4. The van der Waals surface area contributed by atoms with Crippen molar-refractivity contribution in [3.63, 3.8) is 0 Å². The highest BCUT2D eigenvalue weighted by molar-refractivity contribution is 5.69. The first-order chi connectivity index (χ1) is 24.6. The Bertz CT molecular complexity index is 894. The molecule has 0 amide bonds. The molecule has 0 N–H and O–H groups in total. The maximum Gasteiger partial charge on any atom is 0.305 e. The zero-order valence-corrected chi connectivity index (χ0v) is 29.8. The van der Waals surface area contributed by atoms with E-state index in [1.807, 2.05) is 0 Å². The van der Waals surface area contributed by atoms with Crippen LogP contribution in [0.15, 0.2) is 24.3 Å². The third-order valence-corrected chi connectivity index (χ3v) is 6.37. The van der Waals surface area contributed by atoms with Crippen molar-refractivity contribution in [3.8, 4) is 5.75 Å². The zero-order valence-electron chi connectivity index (χ0n) is 29.8. The summed E-state index contributed by atoms with van der Waals surface area (Å²) in [4.78, 5) is 21.6. The fraction of sp³-hybridized carbons (Fsp3) is 0.794. The topological polar surface area (TPSA) is 171 Å². The van der Waals surface area contributed by atoms with Crippen LogP contribution in [0.1, 0.15) is 32.6 Å². The molecule has 1 aromatic rings. The van der Waals surface area contributed by atoms with Gasteiger partial charge >= 0.3 is 5.97 Å². The van der Waals surface area contributed by atoms with E-state index in [0.29, 0.717) is 151 Å². The van der Waals surface area contributed by atoms with Crippen LogP contribution in [0, 0.1) is 10.1 Å². The Labute approximate surface area is 296 Å². The second kappa shape index (κ2) is 36.3. The van der Waals surface area contributed by atoms with Crippen LogP contribution in [0.25, 0.3) is 0 Å². The minimum Gasteiger partial charge on any atom is -0.491 e. The lowest BCUT2D eigenvalue weighted by molar-refractivity contribution is -0.384. The summed E-state index contributed by atoms with van der Waals surface area (Å²) >= 11 is 0. The van der Waals surface area contributed by atoms with Gasteiger partial charge in [-0.15, -0.1) is 0 Å². The Hall–Kier alpha value is -2.51. The number of nitro benzene ring substituents is 1. The summed E-state index contributed by atoms with van der Waals surface area (Å²) in [6, 6.07) is 5.90. The molecule has 0 aliphatic rings. The SMILES string of the molecule is CCCCCC(=O)OCCOCCOCCOCCOCCOCCOCCOCCOCCOCCOCCOc1ccc([N+](=O)[O-])cc1. The molecule has 1 rings (SSSR count). The molecule has 0 saturated carbocycles. The van der Waals surface area contributed by atoms with Crippen LogP contribution >= 0.6 is 0 Å². The van der Waals surface area contributed by atoms with E-state index in [2.05, 4.69) is 6.92 Å². The zero-order chi connectivity index (χ0) is 36.0. The molecule has 0 spiro atoms. The minimum atomic E-state index is -0.454. The number of benzene rings is 1. The van der Waals surface area contributed by atoms with Gasteiger partial charge in [-0.1, -0.05) is 19.8 Å². The average Bonchev–Trinajstić information content (AvgIpc) is 3.12. The molecule has 0 aliphatic carbocycles. The van der Waals surface area contributed by atoms with E-state index in [4.69, 9.17) is 56.8 Å². The van der Waals surface area contributed by atoms with E-state index in [9.17, 15) is 14.9 Å². The molecule has 16 heteroatoms. The Kier molecular flexibility index (Phi) is 33.0. The van der Waals surface area contributed by atoms with Crippen LogP contribution in [0.4, 0.5) is 5.69 Å². The Morgan fingerprint density at radius 3 is 1.14 bits per heavy atom. The van der Waals surface area contributed by atoms with Crippen LogP contribution < -0.4 is 4.74 Å². The lowest BCUT2D eigenvalue weighted by Gasteiger charge is -2.09. The molecule has 0 aromatic heterocycles. The van der Waals surface area contributed by atoms with E-state index in [-0.39, 0.29) is 18.3 Å². The third-order valence-electron chi connectivity index (χ3n) is 6.37. The number of hydrogen-bond donors (Lipinski definition) is 0. The summed E-state index contributed by atoms with van der Waals surface area (Å²) < 4.78 is 65.0. The van der Waals surface area contributed by atoms with Crippen molar-refractivity contribution in [2.24, 2.45) is 0 Å². The maximum atomic E-state index is 11.5. The van der Waals surface area contributed by atoms with Crippen LogP contribution in [-0.4, -0.2) is 156 Å². The van der Waals surface area contributed by atoms with Crippen LogP contribution in [0.5, 0.6) is 5.75 Å². The van der Waals surface area contributed by atoms with Crippen molar-refractivity contribution in [3.05, 3.63) is 34.4 Å². The average molecular weight is 722 g/mol. The van der Waals surface area contributed by atoms with Crippen LogP contribution in [-0.2, 0) is 56.9 Å². The minimum absolute atomic E-state index is 0.0229. The first kappa shape index (κ1) is 45.5. The van der Waals surface area contributed by atoms with Gasteiger partial charge < -0.3 is 56.8 Å². The fourth-order valence-electron chi connectivity index (χ4n) is 3.77. The van der Waals surface area contributed by atoms with Crippen molar-refractivity contribution >= 4 is 11.7 Å². The number of hydrogen-bond acceptors (Lipinski definition) is 15. The van der Waals surface area contributed by atoms with Crippen molar-refractivity contribution in [1.82, 2.24) is 0 Å². The van der Waals surface area contributed by atoms with Gasteiger partial charge in [0.15, 0.2) is 0 Å². The number of non-ortho nitro benzene ring substituents is 1. The highest BCUT2D eigenvalue weighted by atomic mass is 16.6. The quantitative estimate of drug-likeness (QED) is 0.0420. The predicted octanol–water partition coefficient (Wildman–Crippen LogP) is 3.26. The molecule has 1 aromatic carbocycles. The Balaban J connectivity index is 1.65. The van der Waals surface area contributed by atoms with E-state index >= 15 is 0 Å². The van der Waals surface area contributed by atoms with E-state index in [0.717, 1.165) is 19.3 Å². The van der Waals surface area contributed by atoms with Gasteiger partial charge in [0.25, 0.3) is 5.69 Å². The number of rotatable bonds is 39. The molecule has 0 bridgehead atoms. The van der Waals surface area contributed by atoms with Crippen molar-refractivity contribution in [2.45, 2.75) is 32.6 Å². The molecule has 0 aliphatic heterocycles. The van der Waals surface area contributed by atoms with E-state index in [1.165, 1.54) is 12.1 Å². The molecule has 0 radical (unpaired) electrons. The molecular weight excluding hydrogens is 662 g/mol. The summed E-state index contributed by atoms with van der Waals surface area (Å²) in [5, 5.41) is 10.6. The van der Waals surface area contributed by atoms with Gasteiger partial charge in [-0.3, -0.25) is 14.9 Å². The van der Waals surface area contributed by atoms with Gasteiger partial charge in [0, 0.05) is 18.6 Å². The van der Waals surface area contributed by atoms with Gasteiger partial charge in [0.05, 0.1) is 137 Å². The van der Waals surface area contributed by atoms with Gasteiger partial charge in [0.2, 0.25) is 0 Å². The summed E-state index contributed by atoms with van der Waals surface area (Å²) in [6.45, 7) is 11.9.